The summed E-state index contributed by atoms with van der Waals surface area (Å²) in [6.45, 7) is 4.73. The minimum atomic E-state index is -0.184. The summed E-state index contributed by atoms with van der Waals surface area (Å²) in [5, 5.41) is 3.31. The molecule has 0 bridgehead atoms. The number of fused-ring (bicyclic) bond motifs is 1. The molecular weight excluding hydrogens is 179 g/mol. The average Bonchev–Trinajstić information content (AvgIpc) is 2.38. The number of benzene rings is 1. The molecule has 3 N–H and O–H groups in total. The zero-order valence-electron chi connectivity index (χ0n) is 8.47. The number of hydrogen-bond acceptors (Lipinski definition) is 2. The minimum Gasteiger partial charge on any atom is -0.380 e. The molecule has 0 spiro atoms. The van der Waals surface area contributed by atoms with Crippen LogP contribution in [0.5, 0.6) is 0 Å². The lowest BCUT2D eigenvalue weighted by atomic mass is 9.81. The van der Waals surface area contributed by atoms with Gasteiger partial charge in [-0.15, -0.1) is 0 Å². The summed E-state index contributed by atoms with van der Waals surface area (Å²) in [4.78, 5) is 0. The molecule has 0 saturated carbocycles. The van der Waals surface area contributed by atoms with Crippen LogP contribution in [0.15, 0.2) is 18.2 Å². The van der Waals surface area contributed by atoms with Crippen LogP contribution in [0.25, 0.3) is 0 Å². The molecule has 0 fully saturated rings. The van der Waals surface area contributed by atoms with Gasteiger partial charge in [-0.2, -0.15) is 0 Å². The molecule has 2 rings (SSSR count). The van der Waals surface area contributed by atoms with Crippen molar-refractivity contribution >= 4 is 5.69 Å². The Kier molecular flexibility index (Phi) is 2.00. The highest BCUT2D eigenvalue weighted by atomic mass is 19.1. The Balaban J connectivity index is 2.50. The summed E-state index contributed by atoms with van der Waals surface area (Å²) in [7, 11) is 0. The molecule has 1 aliphatic heterocycles. The van der Waals surface area contributed by atoms with Crippen LogP contribution < -0.4 is 11.1 Å². The van der Waals surface area contributed by atoms with Gasteiger partial charge in [0.1, 0.15) is 5.82 Å². The summed E-state index contributed by atoms with van der Waals surface area (Å²) >= 11 is 0. The fourth-order valence-electron chi connectivity index (χ4n) is 2.08. The lowest BCUT2D eigenvalue weighted by molar-refractivity contribution is 0.463. The van der Waals surface area contributed by atoms with Crippen molar-refractivity contribution in [2.75, 3.05) is 11.9 Å². The topological polar surface area (TPSA) is 38.0 Å². The van der Waals surface area contributed by atoms with Crippen molar-refractivity contribution in [1.29, 1.82) is 0 Å². The van der Waals surface area contributed by atoms with Crippen LogP contribution in [-0.4, -0.2) is 12.6 Å². The van der Waals surface area contributed by atoms with Gasteiger partial charge in [0.05, 0.1) is 0 Å². The Bertz CT molecular complexity index is 360. The molecule has 76 valence electrons. The maximum atomic E-state index is 13.1. The predicted molar refractivity (Wildman–Crippen MR) is 55.9 cm³/mol. The molecule has 0 aliphatic carbocycles. The van der Waals surface area contributed by atoms with Gasteiger partial charge in [-0.1, -0.05) is 13.8 Å². The third kappa shape index (κ3) is 1.20. The van der Waals surface area contributed by atoms with Crippen molar-refractivity contribution in [3.8, 4) is 0 Å². The van der Waals surface area contributed by atoms with Crippen molar-refractivity contribution < 1.29 is 4.39 Å². The quantitative estimate of drug-likeness (QED) is 0.716. The standard InChI is InChI=1S/C11H15FN2/c1-11(2)8-5-7(12)3-4-9(8)14-10(11)6-13/h3-5,10,14H,6,13H2,1-2H3/t10-/m0/s1. The highest BCUT2D eigenvalue weighted by Gasteiger charge is 2.38. The van der Waals surface area contributed by atoms with E-state index in [0.29, 0.717) is 6.54 Å². The average molecular weight is 194 g/mol. The van der Waals surface area contributed by atoms with Gasteiger partial charge in [0.25, 0.3) is 0 Å². The molecule has 0 unspecified atom stereocenters. The Morgan fingerprint density at radius 2 is 2.21 bits per heavy atom. The Labute approximate surface area is 83.3 Å². The van der Waals surface area contributed by atoms with Crippen molar-refractivity contribution in [3.05, 3.63) is 29.6 Å². The number of halogens is 1. The van der Waals surface area contributed by atoms with Gasteiger partial charge in [0, 0.05) is 23.7 Å². The van der Waals surface area contributed by atoms with E-state index >= 15 is 0 Å². The molecule has 1 aliphatic rings. The second kappa shape index (κ2) is 2.95. The molecule has 1 heterocycles. The fourth-order valence-corrected chi connectivity index (χ4v) is 2.08. The van der Waals surface area contributed by atoms with Crippen LogP contribution >= 0.6 is 0 Å². The first kappa shape index (κ1) is 9.46. The van der Waals surface area contributed by atoms with Gasteiger partial charge < -0.3 is 11.1 Å². The van der Waals surface area contributed by atoms with E-state index in [-0.39, 0.29) is 17.3 Å². The van der Waals surface area contributed by atoms with E-state index in [0.717, 1.165) is 11.3 Å². The number of hydrogen-bond donors (Lipinski definition) is 2. The van der Waals surface area contributed by atoms with Gasteiger partial charge in [0.2, 0.25) is 0 Å². The third-order valence-electron chi connectivity index (χ3n) is 3.11. The molecule has 0 aromatic heterocycles. The van der Waals surface area contributed by atoms with E-state index in [1.165, 1.54) is 6.07 Å². The van der Waals surface area contributed by atoms with Crippen molar-refractivity contribution in [2.45, 2.75) is 25.3 Å². The Hall–Kier alpha value is -1.09. The lowest BCUT2D eigenvalue weighted by Crippen LogP contribution is -2.39. The normalized spacial score (nSPS) is 23.0. The van der Waals surface area contributed by atoms with Crippen LogP contribution in [-0.2, 0) is 5.41 Å². The maximum absolute atomic E-state index is 13.1. The first-order valence-electron chi connectivity index (χ1n) is 4.82. The largest absolute Gasteiger partial charge is 0.380 e. The van der Waals surface area contributed by atoms with E-state index in [2.05, 4.69) is 19.2 Å². The van der Waals surface area contributed by atoms with E-state index < -0.39 is 0 Å². The minimum absolute atomic E-state index is 0.0911. The Morgan fingerprint density at radius 1 is 1.50 bits per heavy atom. The molecule has 1 atom stereocenters. The zero-order valence-corrected chi connectivity index (χ0v) is 8.47. The number of anilines is 1. The highest BCUT2D eigenvalue weighted by molar-refractivity contribution is 5.61. The first-order chi connectivity index (χ1) is 6.55. The molecule has 14 heavy (non-hydrogen) atoms. The van der Waals surface area contributed by atoms with E-state index in [1.807, 2.05) is 0 Å². The van der Waals surface area contributed by atoms with Crippen molar-refractivity contribution in [3.63, 3.8) is 0 Å². The van der Waals surface area contributed by atoms with Gasteiger partial charge in [-0.25, -0.2) is 4.39 Å². The van der Waals surface area contributed by atoms with Crippen LogP contribution in [0.3, 0.4) is 0 Å². The van der Waals surface area contributed by atoms with Crippen molar-refractivity contribution in [2.24, 2.45) is 5.73 Å². The molecule has 0 amide bonds. The highest BCUT2D eigenvalue weighted by Crippen LogP contribution is 2.40. The van der Waals surface area contributed by atoms with Crippen LogP contribution in [0, 0.1) is 5.82 Å². The molecule has 3 heteroatoms. The monoisotopic (exact) mass is 194 g/mol. The number of nitrogens with one attached hydrogen (secondary N) is 1. The van der Waals surface area contributed by atoms with Gasteiger partial charge in [0.15, 0.2) is 0 Å². The van der Waals surface area contributed by atoms with E-state index in [4.69, 9.17) is 5.73 Å². The summed E-state index contributed by atoms with van der Waals surface area (Å²) < 4.78 is 13.1. The van der Waals surface area contributed by atoms with Gasteiger partial charge in [-0.3, -0.25) is 0 Å². The van der Waals surface area contributed by atoms with Gasteiger partial charge in [-0.05, 0) is 23.8 Å². The molecule has 2 nitrogen and oxygen atoms in total. The molecule has 1 aromatic carbocycles. The molecular formula is C11H15FN2. The van der Waals surface area contributed by atoms with E-state index in [9.17, 15) is 4.39 Å². The second-order valence-electron chi connectivity index (χ2n) is 4.34. The summed E-state index contributed by atoms with van der Waals surface area (Å²) in [6, 6.07) is 5.04. The van der Waals surface area contributed by atoms with Crippen LogP contribution in [0.4, 0.5) is 10.1 Å². The summed E-state index contributed by atoms with van der Waals surface area (Å²) in [5.74, 6) is -0.184. The first-order valence-corrected chi connectivity index (χ1v) is 4.82. The SMILES string of the molecule is CC1(C)c2cc(F)ccc2N[C@H]1CN. The lowest BCUT2D eigenvalue weighted by Gasteiger charge is -2.26. The molecule has 1 aromatic rings. The maximum Gasteiger partial charge on any atom is 0.123 e. The molecule has 0 radical (unpaired) electrons. The number of nitrogens with two attached hydrogens (primary N) is 1. The summed E-state index contributed by atoms with van der Waals surface area (Å²) in [6.07, 6.45) is 0. The Morgan fingerprint density at radius 3 is 2.86 bits per heavy atom. The summed E-state index contributed by atoms with van der Waals surface area (Å²) in [5.41, 5.74) is 7.61. The van der Waals surface area contributed by atoms with Crippen LogP contribution in [0.1, 0.15) is 19.4 Å². The van der Waals surface area contributed by atoms with Crippen molar-refractivity contribution in [1.82, 2.24) is 0 Å². The fraction of sp³-hybridized carbons (Fsp3) is 0.455. The van der Waals surface area contributed by atoms with Crippen LogP contribution in [0.2, 0.25) is 0 Å². The van der Waals surface area contributed by atoms with Gasteiger partial charge >= 0.3 is 0 Å². The third-order valence-corrected chi connectivity index (χ3v) is 3.11. The zero-order chi connectivity index (χ0) is 10.3. The number of rotatable bonds is 1. The van der Waals surface area contributed by atoms with E-state index in [1.54, 1.807) is 12.1 Å². The second-order valence-corrected chi connectivity index (χ2v) is 4.34. The smallest absolute Gasteiger partial charge is 0.123 e. The predicted octanol–water partition coefficient (Wildman–Crippen LogP) is 1.86. The molecule has 0 saturated heterocycles.